The Labute approximate surface area is 308 Å². The average molecular weight is 679 g/mol. The van der Waals surface area contributed by atoms with E-state index in [1.807, 2.05) is 6.20 Å². The van der Waals surface area contributed by atoms with Crippen LogP contribution in [-0.2, 0) is 0 Å². The SMILES string of the molecule is c1ccc(N2CCN(c3ccccc3)c3cc4c(cc32)-c2cccc(-n3c5ccccc5c5ccccc53)c2-c2ccccc2-c2cccnc2-4)cc1. The molecule has 0 fully saturated rings. The summed E-state index contributed by atoms with van der Waals surface area (Å²) in [6.07, 6.45) is 1.94. The van der Waals surface area contributed by atoms with Crippen molar-refractivity contribution >= 4 is 44.6 Å². The van der Waals surface area contributed by atoms with Crippen molar-refractivity contribution < 1.29 is 0 Å². The molecule has 9 aromatic rings. The maximum Gasteiger partial charge on any atom is 0.0787 e. The molecule has 0 bridgehead atoms. The van der Waals surface area contributed by atoms with Crippen LogP contribution in [0.5, 0.6) is 0 Å². The first kappa shape index (κ1) is 29.8. The van der Waals surface area contributed by atoms with Gasteiger partial charge in [-0.15, -0.1) is 0 Å². The molecule has 250 valence electrons. The summed E-state index contributed by atoms with van der Waals surface area (Å²) in [5, 5.41) is 2.51. The number of hydrogen-bond donors (Lipinski definition) is 0. The van der Waals surface area contributed by atoms with Gasteiger partial charge in [0, 0.05) is 58.1 Å². The van der Waals surface area contributed by atoms with E-state index in [-0.39, 0.29) is 0 Å². The molecule has 7 aromatic carbocycles. The highest BCUT2D eigenvalue weighted by Gasteiger charge is 2.31. The standard InChI is InChI=1S/C49H34N4/c1-3-15-33(16-4-1)51-29-30-52(34-17-5-2-6-18-34)47-32-42-41(31-46(47)51)39-23-13-27-45(53-43-25-11-9-20-36(43)37-21-10-12-26-44(37)53)48(39)38-22-8-7-19-35(38)40-24-14-28-50-49(40)42/h1-28,31-32H,29-30H2. The lowest BCUT2D eigenvalue weighted by molar-refractivity contribution is 0.850. The third kappa shape index (κ3) is 4.52. The summed E-state index contributed by atoms with van der Waals surface area (Å²) in [5.41, 5.74) is 17.5. The lowest BCUT2D eigenvalue weighted by Crippen LogP contribution is -2.36. The first-order chi connectivity index (χ1) is 26.3. The van der Waals surface area contributed by atoms with Crippen LogP contribution in [0.15, 0.2) is 182 Å². The van der Waals surface area contributed by atoms with Crippen molar-refractivity contribution in [2.75, 3.05) is 22.9 Å². The van der Waals surface area contributed by atoms with Crippen molar-refractivity contribution in [3.05, 3.63) is 182 Å². The summed E-state index contributed by atoms with van der Waals surface area (Å²) in [4.78, 5) is 10.1. The van der Waals surface area contributed by atoms with E-state index in [0.717, 1.165) is 35.6 Å². The second kappa shape index (κ2) is 11.8. The van der Waals surface area contributed by atoms with E-state index in [9.17, 15) is 0 Å². The van der Waals surface area contributed by atoms with Gasteiger partial charge in [0.2, 0.25) is 0 Å². The molecule has 1 aliphatic carbocycles. The van der Waals surface area contributed by atoms with Gasteiger partial charge in [0.1, 0.15) is 0 Å². The molecule has 0 radical (unpaired) electrons. The molecule has 0 amide bonds. The van der Waals surface area contributed by atoms with Crippen molar-refractivity contribution in [2.45, 2.75) is 0 Å². The van der Waals surface area contributed by atoms with Gasteiger partial charge in [-0.3, -0.25) is 4.98 Å². The summed E-state index contributed by atoms with van der Waals surface area (Å²) in [5.74, 6) is 0. The summed E-state index contributed by atoms with van der Waals surface area (Å²) in [7, 11) is 0. The molecule has 0 saturated heterocycles. The number of hydrogen-bond acceptors (Lipinski definition) is 3. The predicted octanol–water partition coefficient (Wildman–Crippen LogP) is 12.4. The first-order valence-corrected chi connectivity index (χ1v) is 18.3. The Bertz CT molecular complexity index is 2800. The molecule has 0 saturated carbocycles. The molecule has 0 spiro atoms. The van der Waals surface area contributed by atoms with E-state index in [0.29, 0.717) is 0 Å². The molecule has 2 aliphatic rings. The van der Waals surface area contributed by atoms with Gasteiger partial charge in [-0.1, -0.05) is 115 Å². The minimum atomic E-state index is 0.858. The minimum absolute atomic E-state index is 0.858. The van der Waals surface area contributed by atoms with Crippen LogP contribution in [0.25, 0.3) is 72.1 Å². The molecule has 4 nitrogen and oxygen atoms in total. The summed E-state index contributed by atoms with van der Waals surface area (Å²) >= 11 is 0. The first-order valence-electron chi connectivity index (χ1n) is 18.3. The van der Waals surface area contributed by atoms with Crippen LogP contribution in [0.2, 0.25) is 0 Å². The Morgan fingerprint density at radius 2 is 0.906 bits per heavy atom. The van der Waals surface area contributed by atoms with Gasteiger partial charge in [-0.2, -0.15) is 0 Å². The molecule has 0 N–H and O–H groups in total. The van der Waals surface area contributed by atoms with E-state index in [2.05, 4.69) is 190 Å². The highest BCUT2D eigenvalue weighted by atomic mass is 15.3. The van der Waals surface area contributed by atoms with Crippen molar-refractivity contribution in [3.63, 3.8) is 0 Å². The fourth-order valence-electron chi connectivity index (χ4n) is 8.81. The fraction of sp³-hybridized carbons (Fsp3) is 0.0408. The van der Waals surface area contributed by atoms with Crippen LogP contribution in [0.3, 0.4) is 0 Å². The molecule has 53 heavy (non-hydrogen) atoms. The Balaban J connectivity index is 1.28. The zero-order chi connectivity index (χ0) is 34.9. The number of rotatable bonds is 3. The van der Waals surface area contributed by atoms with Crippen molar-refractivity contribution in [1.82, 2.24) is 9.55 Å². The summed E-state index contributed by atoms with van der Waals surface area (Å²) in [6, 6.07) is 64.1. The lowest BCUT2D eigenvalue weighted by atomic mass is 9.81. The summed E-state index contributed by atoms with van der Waals surface area (Å²) < 4.78 is 2.47. The van der Waals surface area contributed by atoms with Gasteiger partial charge in [0.25, 0.3) is 0 Å². The Morgan fingerprint density at radius 1 is 0.377 bits per heavy atom. The molecular weight excluding hydrogens is 645 g/mol. The second-order valence-electron chi connectivity index (χ2n) is 13.9. The molecule has 0 unspecified atom stereocenters. The second-order valence-corrected chi connectivity index (χ2v) is 13.9. The van der Waals surface area contributed by atoms with E-state index in [1.165, 1.54) is 72.4 Å². The van der Waals surface area contributed by atoms with Gasteiger partial charge in [-0.25, -0.2) is 0 Å². The third-order valence-corrected chi connectivity index (χ3v) is 11.1. The highest BCUT2D eigenvalue weighted by molar-refractivity contribution is 6.12. The number of para-hydroxylation sites is 4. The van der Waals surface area contributed by atoms with Crippen molar-refractivity contribution in [1.29, 1.82) is 0 Å². The van der Waals surface area contributed by atoms with Crippen LogP contribution in [0, 0.1) is 0 Å². The van der Waals surface area contributed by atoms with Crippen molar-refractivity contribution in [2.24, 2.45) is 0 Å². The monoisotopic (exact) mass is 678 g/mol. The van der Waals surface area contributed by atoms with E-state index in [4.69, 9.17) is 4.98 Å². The molecule has 3 heterocycles. The van der Waals surface area contributed by atoms with Crippen LogP contribution in [-0.4, -0.2) is 22.6 Å². The van der Waals surface area contributed by atoms with Gasteiger partial charge in [0.15, 0.2) is 0 Å². The molecular formula is C49H34N4. The number of nitrogens with zero attached hydrogens (tertiary/aromatic N) is 4. The summed E-state index contributed by atoms with van der Waals surface area (Å²) in [6.45, 7) is 1.72. The quantitative estimate of drug-likeness (QED) is 0.186. The Kier molecular flexibility index (Phi) is 6.65. The Hall–Kier alpha value is -6.91. The van der Waals surface area contributed by atoms with Crippen molar-refractivity contribution in [3.8, 4) is 50.3 Å². The predicted molar refractivity (Wildman–Crippen MR) is 221 cm³/mol. The zero-order valence-corrected chi connectivity index (χ0v) is 29.0. The zero-order valence-electron chi connectivity index (χ0n) is 29.0. The molecule has 4 heteroatoms. The molecule has 11 rings (SSSR count). The number of fused-ring (bicyclic) bond motifs is 12. The molecule has 1 aliphatic heterocycles. The highest BCUT2D eigenvalue weighted by Crippen LogP contribution is 2.53. The molecule has 0 atom stereocenters. The normalized spacial score (nSPS) is 13.1. The number of pyridine rings is 1. The van der Waals surface area contributed by atoms with E-state index < -0.39 is 0 Å². The van der Waals surface area contributed by atoms with Crippen LogP contribution in [0.4, 0.5) is 22.7 Å². The number of benzene rings is 7. The van der Waals surface area contributed by atoms with Crippen LogP contribution < -0.4 is 9.80 Å². The third-order valence-electron chi connectivity index (χ3n) is 11.1. The van der Waals surface area contributed by atoms with Crippen LogP contribution in [0.1, 0.15) is 0 Å². The van der Waals surface area contributed by atoms with Gasteiger partial charge in [-0.05, 0) is 82.9 Å². The van der Waals surface area contributed by atoms with Gasteiger partial charge >= 0.3 is 0 Å². The fourth-order valence-corrected chi connectivity index (χ4v) is 8.81. The van der Waals surface area contributed by atoms with E-state index in [1.54, 1.807) is 0 Å². The average Bonchev–Trinajstić information content (AvgIpc) is 3.57. The largest absolute Gasteiger partial charge is 0.338 e. The topological polar surface area (TPSA) is 24.3 Å². The van der Waals surface area contributed by atoms with Gasteiger partial charge < -0.3 is 14.4 Å². The maximum absolute atomic E-state index is 5.17. The maximum atomic E-state index is 5.17. The Morgan fingerprint density at radius 3 is 1.57 bits per heavy atom. The lowest BCUT2D eigenvalue weighted by Gasteiger charge is -2.40. The van der Waals surface area contributed by atoms with Crippen LogP contribution >= 0.6 is 0 Å². The number of anilines is 4. The molecule has 2 aromatic heterocycles. The number of aromatic nitrogens is 2. The van der Waals surface area contributed by atoms with Gasteiger partial charge in [0.05, 0.1) is 33.8 Å². The minimum Gasteiger partial charge on any atom is -0.338 e. The smallest absolute Gasteiger partial charge is 0.0787 e. The van der Waals surface area contributed by atoms with E-state index >= 15 is 0 Å².